The number of nitrogens with one attached hydrogen (secondary N) is 1. The first kappa shape index (κ1) is 15.3. The summed E-state index contributed by atoms with van der Waals surface area (Å²) in [7, 11) is -3.28. The molecular weight excluding hydrogens is 269 g/mol. The fourth-order valence-corrected chi connectivity index (χ4v) is 3.74. The van der Waals surface area contributed by atoms with Gasteiger partial charge in [-0.2, -0.15) is 0 Å². The summed E-state index contributed by atoms with van der Waals surface area (Å²) in [6.45, 7) is 4.20. The van der Waals surface area contributed by atoms with Gasteiger partial charge in [-0.05, 0) is 19.4 Å². The van der Waals surface area contributed by atoms with Crippen molar-refractivity contribution in [1.82, 2.24) is 5.32 Å². The molecule has 0 saturated heterocycles. The number of hydrogen-bond acceptors (Lipinski definition) is 4. The third kappa shape index (κ3) is 3.89. The molecule has 1 N–H and O–H groups in total. The Morgan fingerprint density at radius 2 is 1.83 bits per heavy atom. The Balaban J connectivity index is 3.08. The quantitative estimate of drug-likeness (QED) is 0.586. The van der Waals surface area contributed by atoms with Gasteiger partial charge in [0, 0.05) is 0 Å². The highest BCUT2D eigenvalue weighted by molar-refractivity contribution is 7.78. The van der Waals surface area contributed by atoms with Crippen LogP contribution in [0.1, 0.15) is 25.2 Å². The number of benzene rings is 1. The van der Waals surface area contributed by atoms with Crippen molar-refractivity contribution in [3.63, 3.8) is 0 Å². The molecule has 0 aliphatic rings. The summed E-state index contributed by atoms with van der Waals surface area (Å²) >= 11 is 4.80. The van der Waals surface area contributed by atoms with Gasteiger partial charge in [-0.25, -0.2) is 0 Å². The molecule has 18 heavy (non-hydrogen) atoms. The first-order valence-electron chi connectivity index (χ1n) is 5.81. The molecule has 4 nitrogen and oxygen atoms in total. The van der Waals surface area contributed by atoms with E-state index in [1.54, 1.807) is 13.8 Å². The molecule has 0 aliphatic carbocycles. The maximum atomic E-state index is 12.7. The molecule has 0 heterocycles. The Bertz CT molecular complexity index is 403. The molecule has 1 aromatic rings. The van der Waals surface area contributed by atoms with E-state index in [1.807, 2.05) is 30.3 Å². The van der Waals surface area contributed by atoms with E-state index in [2.05, 4.69) is 5.32 Å². The van der Waals surface area contributed by atoms with Crippen LogP contribution in [0.25, 0.3) is 0 Å². The van der Waals surface area contributed by atoms with Crippen LogP contribution in [0.15, 0.2) is 30.3 Å². The van der Waals surface area contributed by atoms with E-state index in [1.165, 1.54) is 5.49 Å². The Kier molecular flexibility index (Phi) is 6.50. The summed E-state index contributed by atoms with van der Waals surface area (Å²) in [6.07, 6.45) is 0. The summed E-state index contributed by atoms with van der Waals surface area (Å²) in [5.74, 6) is -0.573. The minimum Gasteiger partial charge on any atom is -0.365 e. The molecule has 6 heteroatoms. The van der Waals surface area contributed by atoms with E-state index in [9.17, 15) is 4.57 Å². The minimum absolute atomic E-state index is 0.319. The summed E-state index contributed by atoms with van der Waals surface area (Å²) in [5.41, 5.74) is 2.16. The molecule has 0 spiro atoms. The van der Waals surface area contributed by atoms with Crippen molar-refractivity contribution in [2.75, 3.05) is 13.2 Å². The zero-order chi connectivity index (χ0) is 13.4. The Labute approximate surface area is 113 Å². The zero-order valence-corrected chi connectivity index (χ0v) is 12.2. The molecule has 1 unspecified atom stereocenters. The molecule has 100 valence electrons. The average Bonchev–Trinajstić information content (AvgIpc) is 2.37. The van der Waals surface area contributed by atoms with Crippen molar-refractivity contribution in [3.05, 3.63) is 35.9 Å². The van der Waals surface area contributed by atoms with Crippen LogP contribution in [0.2, 0.25) is 0 Å². The highest BCUT2D eigenvalue weighted by Gasteiger charge is 2.36. The van der Waals surface area contributed by atoms with E-state index in [0.29, 0.717) is 13.2 Å². The SMILES string of the molecule is CCOP(=O)(OCC)C(NC=S)c1ccccc1. The number of thiocarbonyl (C=S) groups is 1. The minimum atomic E-state index is -3.28. The van der Waals surface area contributed by atoms with Crippen molar-refractivity contribution in [1.29, 1.82) is 0 Å². The lowest BCUT2D eigenvalue weighted by molar-refractivity contribution is 0.210. The maximum absolute atomic E-state index is 12.7. The van der Waals surface area contributed by atoms with Crippen molar-refractivity contribution in [2.24, 2.45) is 0 Å². The normalized spacial score (nSPS) is 13.0. The fourth-order valence-electron chi connectivity index (χ4n) is 1.62. The van der Waals surface area contributed by atoms with Gasteiger partial charge in [0.2, 0.25) is 0 Å². The van der Waals surface area contributed by atoms with E-state index < -0.39 is 13.4 Å². The second kappa shape index (κ2) is 7.64. The summed E-state index contributed by atoms with van der Waals surface area (Å²) in [6, 6.07) is 9.36. The Morgan fingerprint density at radius 1 is 1.28 bits per heavy atom. The van der Waals surface area contributed by atoms with Crippen molar-refractivity contribution in [2.45, 2.75) is 19.6 Å². The fraction of sp³-hybridized carbons (Fsp3) is 0.417. The van der Waals surface area contributed by atoms with Gasteiger partial charge < -0.3 is 14.4 Å². The van der Waals surface area contributed by atoms with Crippen LogP contribution in [0.5, 0.6) is 0 Å². The van der Waals surface area contributed by atoms with Crippen LogP contribution in [-0.4, -0.2) is 18.7 Å². The predicted octanol–water partition coefficient (Wildman–Crippen LogP) is 3.50. The second-order valence-corrected chi connectivity index (χ2v) is 5.82. The summed E-state index contributed by atoms with van der Waals surface area (Å²) in [4.78, 5) is 0. The highest BCUT2D eigenvalue weighted by atomic mass is 32.1. The lowest BCUT2D eigenvalue weighted by Gasteiger charge is -2.26. The van der Waals surface area contributed by atoms with E-state index >= 15 is 0 Å². The van der Waals surface area contributed by atoms with Gasteiger partial charge in [0.25, 0.3) is 0 Å². The van der Waals surface area contributed by atoms with Gasteiger partial charge in [0.15, 0.2) is 5.78 Å². The first-order chi connectivity index (χ1) is 8.68. The standard InChI is InChI=1S/C12H18NO3PS/c1-3-15-17(14,16-4-2)12(13-10-18)11-8-6-5-7-9-11/h5-10,12H,3-4H2,1-2H3,(H,13,18). The third-order valence-corrected chi connectivity index (χ3v) is 4.73. The lowest BCUT2D eigenvalue weighted by atomic mass is 10.2. The van der Waals surface area contributed by atoms with Crippen molar-refractivity contribution in [3.8, 4) is 0 Å². The monoisotopic (exact) mass is 287 g/mol. The molecule has 0 radical (unpaired) electrons. The molecule has 0 aliphatic heterocycles. The lowest BCUT2D eigenvalue weighted by Crippen LogP contribution is -2.21. The summed E-state index contributed by atoms with van der Waals surface area (Å²) < 4.78 is 23.4. The zero-order valence-electron chi connectivity index (χ0n) is 10.5. The third-order valence-electron chi connectivity index (χ3n) is 2.28. The molecule has 0 bridgehead atoms. The molecule has 0 aromatic heterocycles. The second-order valence-electron chi connectivity index (χ2n) is 3.47. The smallest absolute Gasteiger partial charge is 0.357 e. The average molecular weight is 287 g/mol. The predicted molar refractivity (Wildman–Crippen MR) is 76.8 cm³/mol. The van der Waals surface area contributed by atoms with Gasteiger partial charge >= 0.3 is 7.60 Å². The van der Waals surface area contributed by atoms with Crippen molar-refractivity contribution >= 4 is 25.3 Å². The Hall–Kier alpha value is -0.740. The van der Waals surface area contributed by atoms with Crippen molar-refractivity contribution < 1.29 is 13.6 Å². The molecule has 0 amide bonds. The molecule has 1 atom stereocenters. The molecule has 1 rings (SSSR count). The van der Waals surface area contributed by atoms with Gasteiger partial charge in [0.05, 0.1) is 18.7 Å². The molecular formula is C12H18NO3PS. The van der Waals surface area contributed by atoms with Crippen LogP contribution in [0.4, 0.5) is 0 Å². The van der Waals surface area contributed by atoms with Gasteiger partial charge in [-0.15, -0.1) is 0 Å². The van der Waals surface area contributed by atoms with Crippen LogP contribution in [0.3, 0.4) is 0 Å². The maximum Gasteiger partial charge on any atom is 0.357 e. The summed E-state index contributed by atoms with van der Waals surface area (Å²) in [5, 5.41) is 2.89. The highest BCUT2D eigenvalue weighted by Crippen LogP contribution is 2.59. The molecule has 0 saturated carbocycles. The van der Waals surface area contributed by atoms with E-state index in [-0.39, 0.29) is 0 Å². The number of hydrogen-bond donors (Lipinski definition) is 1. The first-order valence-corrected chi connectivity index (χ1v) is 7.89. The van der Waals surface area contributed by atoms with Gasteiger partial charge in [-0.3, -0.25) is 4.57 Å². The molecule has 0 fully saturated rings. The van der Waals surface area contributed by atoms with Crippen LogP contribution < -0.4 is 5.32 Å². The van der Waals surface area contributed by atoms with Crippen LogP contribution in [0, 0.1) is 0 Å². The van der Waals surface area contributed by atoms with Crippen LogP contribution in [-0.2, 0) is 13.6 Å². The van der Waals surface area contributed by atoms with E-state index in [0.717, 1.165) is 5.56 Å². The van der Waals surface area contributed by atoms with Gasteiger partial charge in [-0.1, -0.05) is 42.5 Å². The molecule has 1 aromatic carbocycles. The number of rotatable bonds is 8. The van der Waals surface area contributed by atoms with Gasteiger partial charge in [0.1, 0.15) is 0 Å². The largest absolute Gasteiger partial charge is 0.365 e. The topological polar surface area (TPSA) is 47.6 Å². The van der Waals surface area contributed by atoms with Crippen LogP contribution >= 0.6 is 19.8 Å². The Morgan fingerprint density at radius 3 is 2.28 bits per heavy atom. The van der Waals surface area contributed by atoms with E-state index in [4.69, 9.17) is 21.3 Å².